The molecule has 1 saturated heterocycles. The van der Waals surface area contributed by atoms with Gasteiger partial charge in [0.1, 0.15) is 0 Å². The fraction of sp³-hybridized carbons (Fsp3) is 0.286. The van der Waals surface area contributed by atoms with E-state index in [2.05, 4.69) is 15.2 Å². The summed E-state index contributed by atoms with van der Waals surface area (Å²) in [5.41, 5.74) is 0.960. The summed E-state index contributed by atoms with van der Waals surface area (Å²) in [7, 11) is 0. The van der Waals surface area contributed by atoms with Crippen molar-refractivity contribution in [3.8, 4) is 0 Å². The van der Waals surface area contributed by atoms with Crippen LogP contribution in [0.4, 0.5) is 0 Å². The van der Waals surface area contributed by atoms with Crippen molar-refractivity contribution in [3.05, 3.63) is 39.8 Å². The van der Waals surface area contributed by atoms with E-state index in [-0.39, 0.29) is 5.91 Å². The number of amidine groups is 1. The maximum Gasteiger partial charge on any atom is 0.286 e. The molecule has 2 aliphatic heterocycles. The SMILES string of the molecule is O=C1N=C(N2CCNCC2)SC1=Cc1ccc(Cl)cc1. The second-order valence-electron chi connectivity index (χ2n) is 4.60. The molecule has 0 saturated carbocycles. The molecular formula is C14H14ClN3OS. The second kappa shape index (κ2) is 5.99. The molecule has 0 atom stereocenters. The summed E-state index contributed by atoms with van der Waals surface area (Å²) in [6.45, 7) is 3.66. The van der Waals surface area contributed by atoms with Crippen LogP contribution >= 0.6 is 23.4 Å². The Morgan fingerprint density at radius 2 is 1.95 bits per heavy atom. The number of benzene rings is 1. The first-order valence-electron chi connectivity index (χ1n) is 6.46. The van der Waals surface area contributed by atoms with Crippen molar-refractivity contribution in [1.82, 2.24) is 10.2 Å². The summed E-state index contributed by atoms with van der Waals surface area (Å²) in [6.07, 6.45) is 1.86. The van der Waals surface area contributed by atoms with Gasteiger partial charge in [-0.25, -0.2) is 0 Å². The number of amides is 1. The molecule has 1 amide bonds. The first kappa shape index (κ1) is 13.7. The van der Waals surface area contributed by atoms with Crippen molar-refractivity contribution in [2.45, 2.75) is 0 Å². The molecule has 0 aromatic heterocycles. The molecule has 0 radical (unpaired) electrons. The summed E-state index contributed by atoms with van der Waals surface area (Å²) in [5.74, 6) is -0.154. The lowest BCUT2D eigenvalue weighted by Crippen LogP contribution is -2.45. The van der Waals surface area contributed by atoms with Gasteiger partial charge in [-0.2, -0.15) is 4.99 Å². The Bertz CT molecular complexity index is 577. The lowest BCUT2D eigenvalue weighted by molar-refractivity contribution is -0.113. The maximum absolute atomic E-state index is 12.0. The van der Waals surface area contributed by atoms with Crippen LogP contribution in [0, 0.1) is 0 Å². The number of thioether (sulfide) groups is 1. The van der Waals surface area contributed by atoms with Gasteiger partial charge in [0, 0.05) is 31.2 Å². The standard InChI is InChI=1S/C14H14ClN3OS/c15-11-3-1-10(2-4-11)9-12-13(19)17-14(20-12)18-7-5-16-6-8-18/h1-4,9,16H,5-8H2. The van der Waals surface area contributed by atoms with Gasteiger partial charge in [-0.1, -0.05) is 23.7 Å². The molecule has 1 N–H and O–H groups in total. The van der Waals surface area contributed by atoms with Gasteiger partial charge < -0.3 is 10.2 Å². The largest absolute Gasteiger partial charge is 0.348 e. The highest BCUT2D eigenvalue weighted by Crippen LogP contribution is 2.30. The summed E-state index contributed by atoms with van der Waals surface area (Å²) < 4.78 is 0. The molecule has 2 heterocycles. The minimum Gasteiger partial charge on any atom is -0.348 e. The molecule has 104 valence electrons. The van der Waals surface area contributed by atoms with Crippen molar-refractivity contribution >= 4 is 40.5 Å². The fourth-order valence-electron chi connectivity index (χ4n) is 2.10. The van der Waals surface area contributed by atoms with Crippen LogP contribution in [0.3, 0.4) is 0 Å². The van der Waals surface area contributed by atoms with E-state index in [1.165, 1.54) is 11.8 Å². The number of hydrogen-bond donors (Lipinski definition) is 1. The van der Waals surface area contributed by atoms with Gasteiger partial charge in [-0.3, -0.25) is 4.79 Å². The maximum atomic E-state index is 12.0. The molecule has 6 heteroatoms. The van der Waals surface area contributed by atoms with Gasteiger partial charge in [0.15, 0.2) is 5.17 Å². The van der Waals surface area contributed by atoms with Gasteiger partial charge >= 0.3 is 0 Å². The number of piperazine rings is 1. The first-order chi connectivity index (χ1) is 9.72. The van der Waals surface area contributed by atoms with Crippen LogP contribution in [0.5, 0.6) is 0 Å². The number of carbonyl (C=O) groups is 1. The molecule has 20 heavy (non-hydrogen) atoms. The Morgan fingerprint density at radius 1 is 1.25 bits per heavy atom. The molecular weight excluding hydrogens is 294 g/mol. The van der Waals surface area contributed by atoms with E-state index >= 15 is 0 Å². The Hall–Kier alpha value is -1.30. The minimum absolute atomic E-state index is 0.154. The number of nitrogens with one attached hydrogen (secondary N) is 1. The zero-order valence-electron chi connectivity index (χ0n) is 10.8. The number of aliphatic imine (C=N–C) groups is 1. The highest BCUT2D eigenvalue weighted by molar-refractivity contribution is 8.18. The van der Waals surface area contributed by atoms with Crippen LogP contribution in [0.25, 0.3) is 6.08 Å². The van der Waals surface area contributed by atoms with Crippen molar-refractivity contribution < 1.29 is 4.79 Å². The molecule has 2 aliphatic rings. The Kier molecular flexibility index (Phi) is 4.10. The number of nitrogens with zero attached hydrogens (tertiary/aromatic N) is 2. The lowest BCUT2D eigenvalue weighted by Gasteiger charge is -2.27. The summed E-state index contributed by atoms with van der Waals surface area (Å²) >= 11 is 7.30. The molecule has 1 aromatic rings. The van der Waals surface area contributed by atoms with Crippen molar-refractivity contribution in [1.29, 1.82) is 0 Å². The second-order valence-corrected chi connectivity index (χ2v) is 6.04. The quantitative estimate of drug-likeness (QED) is 0.808. The number of carbonyl (C=O) groups excluding carboxylic acids is 1. The zero-order chi connectivity index (χ0) is 13.9. The van der Waals surface area contributed by atoms with E-state index in [0.29, 0.717) is 9.93 Å². The van der Waals surface area contributed by atoms with E-state index in [1.54, 1.807) is 0 Å². The van der Waals surface area contributed by atoms with E-state index in [4.69, 9.17) is 11.6 Å². The molecule has 0 bridgehead atoms. The summed E-state index contributed by atoms with van der Waals surface area (Å²) in [4.78, 5) is 18.9. The number of halogens is 1. The van der Waals surface area contributed by atoms with Crippen LogP contribution in [-0.4, -0.2) is 42.2 Å². The van der Waals surface area contributed by atoms with Gasteiger partial charge in [0.2, 0.25) is 0 Å². The smallest absolute Gasteiger partial charge is 0.286 e. The fourth-order valence-corrected chi connectivity index (χ4v) is 3.19. The molecule has 1 fully saturated rings. The first-order valence-corrected chi connectivity index (χ1v) is 7.65. The molecule has 3 rings (SSSR count). The molecule has 1 aromatic carbocycles. The lowest BCUT2D eigenvalue weighted by atomic mass is 10.2. The molecule has 0 unspecified atom stereocenters. The predicted molar refractivity (Wildman–Crippen MR) is 83.9 cm³/mol. The summed E-state index contributed by atoms with van der Waals surface area (Å²) in [6, 6.07) is 7.42. The van der Waals surface area contributed by atoms with Gasteiger partial charge in [-0.05, 0) is 35.5 Å². The van der Waals surface area contributed by atoms with Crippen LogP contribution in [-0.2, 0) is 4.79 Å². The number of hydrogen-bond acceptors (Lipinski definition) is 4. The zero-order valence-corrected chi connectivity index (χ0v) is 12.4. The average molecular weight is 308 g/mol. The Morgan fingerprint density at radius 3 is 2.65 bits per heavy atom. The minimum atomic E-state index is -0.154. The average Bonchev–Trinajstić information content (AvgIpc) is 2.84. The van der Waals surface area contributed by atoms with Crippen molar-refractivity contribution in [3.63, 3.8) is 0 Å². The van der Waals surface area contributed by atoms with E-state index in [9.17, 15) is 4.79 Å². The van der Waals surface area contributed by atoms with Gasteiger partial charge in [0.25, 0.3) is 5.91 Å². The molecule has 0 spiro atoms. The Labute approximate surface area is 126 Å². The third-order valence-corrected chi connectivity index (χ3v) is 4.46. The van der Waals surface area contributed by atoms with Gasteiger partial charge in [0.05, 0.1) is 4.91 Å². The molecule has 4 nitrogen and oxygen atoms in total. The monoisotopic (exact) mass is 307 g/mol. The topological polar surface area (TPSA) is 44.7 Å². The van der Waals surface area contributed by atoms with Crippen LogP contribution in [0.1, 0.15) is 5.56 Å². The van der Waals surface area contributed by atoms with Crippen molar-refractivity contribution in [2.24, 2.45) is 4.99 Å². The van der Waals surface area contributed by atoms with Crippen LogP contribution in [0.2, 0.25) is 5.02 Å². The van der Waals surface area contributed by atoms with Crippen LogP contribution < -0.4 is 5.32 Å². The van der Waals surface area contributed by atoms with E-state index < -0.39 is 0 Å². The predicted octanol–water partition coefficient (Wildman–Crippen LogP) is 2.22. The summed E-state index contributed by atoms with van der Waals surface area (Å²) in [5, 5.41) is 4.79. The van der Waals surface area contributed by atoms with E-state index in [1.807, 2.05) is 30.3 Å². The third-order valence-electron chi connectivity index (χ3n) is 3.16. The highest BCUT2D eigenvalue weighted by atomic mass is 35.5. The highest BCUT2D eigenvalue weighted by Gasteiger charge is 2.26. The van der Waals surface area contributed by atoms with Crippen molar-refractivity contribution in [2.75, 3.05) is 26.2 Å². The number of rotatable bonds is 1. The normalized spacial score (nSPS) is 21.4. The van der Waals surface area contributed by atoms with E-state index in [0.717, 1.165) is 36.9 Å². The Balaban J connectivity index is 1.74. The molecule has 0 aliphatic carbocycles. The van der Waals surface area contributed by atoms with Crippen LogP contribution in [0.15, 0.2) is 34.2 Å². The third kappa shape index (κ3) is 3.06. The van der Waals surface area contributed by atoms with Gasteiger partial charge in [-0.15, -0.1) is 0 Å².